The number of halogens is 2. The molecule has 0 atom stereocenters. The van der Waals surface area contributed by atoms with Gasteiger partial charge in [0.2, 0.25) is 12.0 Å². The number of carbonyl (C=O) groups excluding carboxylic acids is 2. The van der Waals surface area contributed by atoms with Gasteiger partial charge in [0.15, 0.2) is 11.9 Å². The second-order valence-corrected chi connectivity index (χ2v) is 6.99. The lowest BCUT2D eigenvalue weighted by Gasteiger charge is -2.24. The second kappa shape index (κ2) is 6.80. The molecule has 2 aromatic heterocycles. The summed E-state index contributed by atoms with van der Waals surface area (Å²) in [5.74, 6) is -4.88. The van der Waals surface area contributed by atoms with E-state index < -0.39 is 35.5 Å². The molecule has 0 fully saturated rings. The SMILES string of the molecule is COC(=O)C(C)(C)NC(=O)c1nn(-c2c[n+]([O-])ccn2)c2c1CCCC2(F)F. The Bertz CT molecular complexity index is 942. The van der Waals surface area contributed by atoms with E-state index in [1.165, 1.54) is 21.0 Å². The van der Waals surface area contributed by atoms with Crippen molar-refractivity contribution in [1.82, 2.24) is 20.1 Å². The molecule has 11 heteroatoms. The predicted octanol–water partition coefficient (Wildman–Crippen LogP) is 1.01. The number of esters is 1. The molecule has 0 aromatic carbocycles. The molecule has 0 saturated heterocycles. The first kappa shape index (κ1) is 19.6. The summed E-state index contributed by atoms with van der Waals surface area (Å²) >= 11 is 0. The quantitative estimate of drug-likeness (QED) is 0.470. The highest BCUT2D eigenvalue weighted by Gasteiger charge is 2.44. The van der Waals surface area contributed by atoms with Crippen LogP contribution in [-0.2, 0) is 21.9 Å². The largest absolute Gasteiger partial charge is 0.619 e. The normalized spacial score (nSPS) is 15.6. The maximum atomic E-state index is 14.7. The Morgan fingerprint density at radius 2 is 2.14 bits per heavy atom. The summed E-state index contributed by atoms with van der Waals surface area (Å²) in [6.45, 7) is 2.85. The van der Waals surface area contributed by atoms with E-state index in [9.17, 15) is 23.6 Å². The Kier molecular flexibility index (Phi) is 4.77. The van der Waals surface area contributed by atoms with Gasteiger partial charge >= 0.3 is 5.97 Å². The first-order valence-electron chi connectivity index (χ1n) is 8.53. The number of hydrogen-bond donors (Lipinski definition) is 1. The molecule has 0 unspecified atom stereocenters. The zero-order valence-corrected chi connectivity index (χ0v) is 15.5. The number of carbonyl (C=O) groups is 2. The van der Waals surface area contributed by atoms with Crippen LogP contribution in [0, 0.1) is 5.21 Å². The van der Waals surface area contributed by atoms with Crippen LogP contribution in [-0.4, -0.2) is 39.3 Å². The molecular weight excluding hydrogens is 376 g/mol. The van der Waals surface area contributed by atoms with Crippen molar-refractivity contribution in [3.8, 4) is 5.82 Å². The average Bonchev–Trinajstić information content (AvgIpc) is 3.02. The highest BCUT2D eigenvalue weighted by atomic mass is 19.3. The van der Waals surface area contributed by atoms with Crippen LogP contribution in [0.3, 0.4) is 0 Å². The molecular formula is C17H19F2N5O4. The summed E-state index contributed by atoms with van der Waals surface area (Å²) < 4.78 is 35.2. The Labute approximate surface area is 158 Å². The zero-order chi connectivity index (χ0) is 20.7. The summed E-state index contributed by atoms with van der Waals surface area (Å²) in [4.78, 5) is 28.5. The Morgan fingerprint density at radius 3 is 2.79 bits per heavy atom. The molecule has 0 aliphatic heterocycles. The topological polar surface area (TPSA) is 113 Å². The van der Waals surface area contributed by atoms with Gasteiger partial charge in [-0.1, -0.05) is 0 Å². The minimum absolute atomic E-state index is 0.0671. The van der Waals surface area contributed by atoms with E-state index in [-0.39, 0.29) is 29.9 Å². The van der Waals surface area contributed by atoms with Gasteiger partial charge in [-0.2, -0.15) is 18.6 Å². The van der Waals surface area contributed by atoms with Gasteiger partial charge in [-0.05, 0) is 26.7 Å². The summed E-state index contributed by atoms with van der Waals surface area (Å²) in [7, 11) is 1.17. The number of amides is 1. The van der Waals surface area contributed by atoms with E-state index >= 15 is 0 Å². The van der Waals surface area contributed by atoms with E-state index in [1.807, 2.05) is 0 Å². The van der Waals surface area contributed by atoms with E-state index in [2.05, 4.69) is 20.1 Å². The van der Waals surface area contributed by atoms with E-state index in [1.54, 1.807) is 0 Å². The molecule has 0 bridgehead atoms. The van der Waals surface area contributed by atoms with E-state index in [4.69, 9.17) is 0 Å². The molecule has 9 nitrogen and oxygen atoms in total. The standard InChI is InChI=1S/C17H19F2N5O4/c1-16(2,15(26)28-3)21-14(25)12-10-5-4-6-17(18,19)13(10)24(22-12)11-9-23(27)8-7-20-11/h7-9H,4-6H2,1-3H3,(H,21,25). The maximum Gasteiger partial charge on any atom is 0.330 e. The fourth-order valence-corrected chi connectivity index (χ4v) is 3.14. The number of hydrogen-bond acceptors (Lipinski definition) is 6. The fraction of sp³-hybridized carbons (Fsp3) is 0.471. The number of fused-ring (bicyclic) bond motifs is 1. The molecule has 150 valence electrons. The molecule has 1 aliphatic carbocycles. The molecule has 3 rings (SSSR count). The van der Waals surface area contributed by atoms with Gasteiger partial charge in [0.05, 0.1) is 13.3 Å². The Morgan fingerprint density at radius 1 is 1.43 bits per heavy atom. The molecule has 2 aromatic rings. The second-order valence-electron chi connectivity index (χ2n) is 6.99. The Hall–Kier alpha value is -3.11. The van der Waals surface area contributed by atoms with Crippen molar-refractivity contribution in [2.24, 2.45) is 0 Å². The van der Waals surface area contributed by atoms with Crippen molar-refractivity contribution in [3.63, 3.8) is 0 Å². The third-order valence-electron chi connectivity index (χ3n) is 4.46. The highest BCUT2D eigenvalue weighted by Crippen LogP contribution is 2.42. The monoisotopic (exact) mass is 395 g/mol. The van der Waals surface area contributed by atoms with Gasteiger partial charge in [-0.3, -0.25) is 4.79 Å². The lowest BCUT2D eigenvalue weighted by molar-refractivity contribution is -0.605. The summed E-state index contributed by atoms with van der Waals surface area (Å²) in [5, 5.41) is 18.0. The smallest absolute Gasteiger partial charge is 0.330 e. The predicted molar refractivity (Wildman–Crippen MR) is 90.7 cm³/mol. The number of aromatic nitrogens is 4. The van der Waals surface area contributed by atoms with Crippen LogP contribution in [0.2, 0.25) is 0 Å². The first-order valence-corrected chi connectivity index (χ1v) is 8.53. The fourth-order valence-electron chi connectivity index (χ4n) is 3.14. The number of ether oxygens (including phenoxy) is 1. The highest BCUT2D eigenvalue weighted by molar-refractivity contribution is 5.97. The third-order valence-corrected chi connectivity index (χ3v) is 4.46. The van der Waals surface area contributed by atoms with Gasteiger partial charge < -0.3 is 15.3 Å². The molecule has 2 heterocycles. The minimum atomic E-state index is -3.25. The van der Waals surface area contributed by atoms with Gasteiger partial charge in [0, 0.05) is 12.0 Å². The van der Waals surface area contributed by atoms with E-state index in [0.717, 1.165) is 23.3 Å². The third kappa shape index (κ3) is 3.39. The lowest BCUT2D eigenvalue weighted by Crippen LogP contribution is -2.50. The summed E-state index contributed by atoms with van der Waals surface area (Å²) in [5.41, 5.74) is -2.03. The van der Waals surface area contributed by atoms with Crippen LogP contribution in [0.25, 0.3) is 5.82 Å². The van der Waals surface area contributed by atoms with Crippen molar-refractivity contribution < 1.29 is 27.8 Å². The molecule has 28 heavy (non-hydrogen) atoms. The van der Waals surface area contributed by atoms with Crippen LogP contribution in [0.4, 0.5) is 8.78 Å². The van der Waals surface area contributed by atoms with Crippen LogP contribution < -0.4 is 10.0 Å². The number of methoxy groups -OCH3 is 1. The molecule has 0 spiro atoms. The Balaban J connectivity index is 2.11. The van der Waals surface area contributed by atoms with Gasteiger partial charge in [0.1, 0.15) is 11.2 Å². The van der Waals surface area contributed by atoms with Crippen molar-refractivity contribution in [1.29, 1.82) is 0 Å². The van der Waals surface area contributed by atoms with Crippen LogP contribution in [0.15, 0.2) is 18.6 Å². The lowest BCUT2D eigenvalue weighted by atomic mass is 9.92. The summed E-state index contributed by atoms with van der Waals surface area (Å²) in [6.07, 6.45) is 3.19. The summed E-state index contributed by atoms with van der Waals surface area (Å²) in [6, 6.07) is 0. The van der Waals surface area contributed by atoms with E-state index in [0.29, 0.717) is 4.73 Å². The zero-order valence-electron chi connectivity index (χ0n) is 15.5. The van der Waals surface area contributed by atoms with Crippen molar-refractivity contribution in [3.05, 3.63) is 40.7 Å². The molecule has 1 amide bonds. The number of nitrogens with one attached hydrogen (secondary N) is 1. The first-order chi connectivity index (χ1) is 13.1. The number of rotatable bonds is 4. The van der Waals surface area contributed by atoms with Crippen molar-refractivity contribution in [2.45, 2.75) is 44.6 Å². The van der Waals surface area contributed by atoms with Crippen molar-refractivity contribution in [2.75, 3.05) is 7.11 Å². The minimum Gasteiger partial charge on any atom is -0.619 e. The van der Waals surface area contributed by atoms with Crippen LogP contribution in [0.1, 0.15) is 48.4 Å². The van der Waals surface area contributed by atoms with Crippen LogP contribution >= 0.6 is 0 Å². The van der Waals surface area contributed by atoms with Crippen LogP contribution in [0.5, 0.6) is 0 Å². The maximum absolute atomic E-state index is 14.7. The van der Waals surface area contributed by atoms with Crippen molar-refractivity contribution >= 4 is 11.9 Å². The average molecular weight is 395 g/mol. The van der Waals surface area contributed by atoms with Gasteiger partial charge in [-0.25, -0.2) is 14.5 Å². The van der Waals surface area contributed by atoms with Gasteiger partial charge in [0.25, 0.3) is 11.8 Å². The molecule has 0 radical (unpaired) electrons. The number of alkyl halides is 2. The van der Waals surface area contributed by atoms with Gasteiger partial charge in [-0.15, -0.1) is 0 Å². The number of nitrogens with zero attached hydrogens (tertiary/aromatic N) is 4. The molecule has 0 saturated carbocycles. The molecule has 1 aliphatic rings. The molecule has 1 N–H and O–H groups in total.